The molecule has 0 saturated heterocycles. The lowest BCUT2D eigenvalue weighted by Crippen LogP contribution is -2.01. The Kier molecular flexibility index (Phi) is 4.94. The Labute approximate surface area is 104 Å². The van der Waals surface area contributed by atoms with E-state index in [1.165, 1.54) is 13.2 Å². The zero-order valence-corrected chi connectivity index (χ0v) is 11.3. The number of ether oxygens (including phenoxy) is 2. The van der Waals surface area contributed by atoms with Gasteiger partial charge in [0.05, 0.1) is 17.3 Å². The first-order chi connectivity index (χ1) is 6.69. The maximum absolute atomic E-state index is 13.1. The van der Waals surface area contributed by atoms with E-state index in [9.17, 15) is 4.39 Å². The monoisotopic (exact) mass is 374 g/mol. The predicted octanol–water partition coefficient (Wildman–Crippen LogP) is 3.21. The first kappa shape index (κ1) is 12.0. The summed E-state index contributed by atoms with van der Waals surface area (Å²) in [6, 6.07) is 2.95. The van der Waals surface area contributed by atoms with Crippen molar-refractivity contribution in [1.29, 1.82) is 0 Å². The van der Waals surface area contributed by atoms with Crippen LogP contribution in [0.4, 0.5) is 4.39 Å². The van der Waals surface area contributed by atoms with Crippen LogP contribution in [0, 0.1) is 9.39 Å². The van der Waals surface area contributed by atoms with Gasteiger partial charge in [-0.2, -0.15) is 0 Å². The molecular weight excluding hydrogens is 366 g/mol. The molecule has 0 spiro atoms. The second kappa shape index (κ2) is 5.75. The van der Waals surface area contributed by atoms with E-state index in [2.05, 4.69) is 15.9 Å². The number of alkyl halides is 1. The van der Waals surface area contributed by atoms with Crippen LogP contribution >= 0.6 is 38.5 Å². The molecule has 0 unspecified atom stereocenters. The van der Waals surface area contributed by atoms with Crippen molar-refractivity contribution in [3.05, 3.63) is 21.5 Å². The molecule has 0 atom stereocenters. The highest BCUT2D eigenvalue weighted by molar-refractivity contribution is 14.1. The summed E-state index contributed by atoms with van der Waals surface area (Å²) in [7, 11) is 1.49. The lowest BCUT2D eigenvalue weighted by atomic mass is 10.3. The van der Waals surface area contributed by atoms with Crippen LogP contribution in [0.15, 0.2) is 12.1 Å². The van der Waals surface area contributed by atoms with Crippen LogP contribution in [0.5, 0.6) is 11.5 Å². The van der Waals surface area contributed by atoms with Gasteiger partial charge in [0, 0.05) is 17.5 Å². The third-order valence-electron chi connectivity index (χ3n) is 1.54. The molecule has 0 fully saturated rings. The van der Waals surface area contributed by atoms with Gasteiger partial charge < -0.3 is 9.47 Å². The summed E-state index contributed by atoms with van der Waals surface area (Å²) in [6.45, 7) is 0.526. The van der Waals surface area contributed by atoms with Crippen molar-refractivity contribution in [1.82, 2.24) is 0 Å². The number of benzene rings is 1. The first-order valence-electron chi connectivity index (χ1n) is 3.91. The Balaban J connectivity index is 2.95. The topological polar surface area (TPSA) is 18.5 Å². The molecule has 1 aromatic carbocycles. The molecule has 0 amide bonds. The smallest absolute Gasteiger partial charge is 0.163 e. The van der Waals surface area contributed by atoms with Gasteiger partial charge in [-0.1, -0.05) is 15.9 Å². The Bertz CT molecular complexity index is 320. The van der Waals surface area contributed by atoms with E-state index < -0.39 is 0 Å². The van der Waals surface area contributed by atoms with Crippen molar-refractivity contribution in [3.8, 4) is 11.5 Å². The van der Waals surface area contributed by atoms with E-state index in [0.29, 0.717) is 21.7 Å². The molecular formula is C9H9BrFIO2. The van der Waals surface area contributed by atoms with Crippen molar-refractivity contribution >= 4 is 38.5 Å². The Morgan fingerprint density at radius 1 is 1.43 bits per heavy atom. The fourth-order valence-corrected chi connectivity index (χ4v) is 1.53. The normalized spacial score (nSPS) is 10.0. The largest absolute Gasteiger partial charge is 0.493 e. The summed E-state index contributed by atoms with van der Waals surface area (Å²) in [5, 5.41) is 0.726. The third kappa shape index (κ3) is 2.98. The van der Waals surface area contributed by atoms with Crippen LogP contribution in [-0.2, 0) is 0 Å². The summed E-state index contributed by atoms with van der Waals surface area (Å²) in [5.41, 5.74) is 0. The van der Waals surface area contributed by atoms with Crippen LogP contribution in [0.1, 0.15) is 0 Å². The van der Waals surface area contributed by atoms with Crippen LogP contribution in [-0.4, -0.2) is 19.0 Å². The van der Waals surface area contributed by atoms with E-state index in [1.807, 2.05) is 22.6 Å². The van der Waals surface area contributed by atoms with Crippen LogP contribution in [0.25, 0.3) is 0 Å². The summed E-state index contributed by atoms with van der Waals surface area (Å²) in [4.78, 5) is 0. The molecule has 0 heterocycles. The van der Waals surface area contributed by atoms with E-state index in [1.54, 1.807) is 6.07 Å². The number of rotatable bonds is 4. The maximum atomic E-state index is 13.1. The van der Waals surface area contributed by atoms with Crippen molar-refractivity contribution in [3.63, 3.8) is 0 Å². The van der Waals surface area contributed by atoms with Gasteiger partial charge in [0.2, 0.25) is 0 Å². The molecule has 0 N–H and O–H groups in total. The Morgan fingerprint density at radius 3 is 2.71 bits per heavy atom. The maximum Gasteiger partial charge on any atom is 0.163 e. The van der Waals surface area contributed by atoms with Gasteiger partial charge >= 0.3 is 0 Å². The van der Waals surface area contributed by atoms with Crippen LogP contribution < -0.4 is 9.47 Å². The second-order valence-electron chi connectivity index (χ2n) is 2.45. The van der Waals surface area contributed by atoms with E-state index >= 15 is 0 Å². The highest BCUT2D eigenvalue weighted by atomic mass is 127. The number of halogens is 3. The van der Waals surface area contributed by atoms with Crippen LogP contribution in [0.2, 0.25) is 0 Å². The molecule has 2 nitrogen and oxygen atoms in total. The molecule has 0 aliphatic rings. The van der Waals surface area contributed by atoms with Gasteiger partial charge in [-0.05, 0) is 22.6 Å². The fraction of sp³-hybridized carbons (Fsp3) is 0.333. The van der Waals surface area contributed by atoms with Gasteiger partial charge in [0.25, 0.3) is 0 Å². The van der Waals surface area contributed by atoms with Gasteiger partial charge in [-0.25, -0.2) is 4.39 Å². The summed E-state index contributed by atoms with van der Waals surface area (Å²) < 4.78 is 24.0. The zero-order valence-electron chi connectivity index (χ0n) is 7.52. The molecule has 1 aromatic rings. The third-order valence-corrected chi connectivity index (χ3v) is 2.69. The van der Waals surface area contributed by atoms with E-state index in [0.717, 1.165) is 5.33 Å². The molecule has 0 aromatic heterocycles. The molecule has 0 bridgehead atoms. The highest BCUT2D eigenvalue weighted by Crippen LogP contribution is 2.30. The minimum Gasteiger partial charge on any atom is -0.493 e. The van der Waals surface area contributed by atoms with Gasteiger partial charge in [0.1, 0.15) is 5.82 Å². The average Bonchev–Trinajstić information content (AvgIpc) is 2.19. The average molecular weight is 375 g/mol. The number of methoxy groups -OCH3 is 1. The highest BCUT2D eigenvalue weighted by Gasteiger charge is 2.09. The molecule has 0 aliphatic heterocycles. The molecule has 1 rings (SSSR count). The molecule has 5 heteroatoms. The van der Waals surface area contributed by atoms with Gasteiger partial charge in [-0.15, -0.1) is 0 Å². The Morgan fingerprint density at radius 2 is 2.14 bits per heavy atom. The predicted molar refractivity (Wildman–Crippen MR) is 65.0 cm³/mol. The van der Waals surface area contributed by atoms with Crippen molar-refractivity contribution in [2.75, 3.05) is 19.0 Å². The van der Waals surface area contributed by atoms with Gasteiger partial charge in [0.15, 0.2) is 11.5 Å². The molecule has 0 aliphatic carbocycles. The van der Waals surface area contributed by atoms with Crippen LogP contribution in [0.3, 0.4) is 0 Å². The zero-order chi connectivity index (χ0) is 10.6. The minimum atomic E-state index is -0.298. The SMILES string of the molecule is COc1cc(F)c(I)cc1OCCBr. The molecule has 0 radical (unpaired) electrons. The first-order valence-corrected chi connectivity index (χ1v) is 6.11. The fourth-order valence-electron chi connectivity index (χ4n) is 0.931. The molecule has 0 saturated carbocycles. The summed E-state index contributed by atoms with van der Waals surface area (Å²) in [5.74, 6) is 0.690. The van der Waals surface area contributed by atoms with Crippen molar-refractivity contribution in [2.24, 2.45) is 0 Å². The quantitative estimate of drug-likeness (QED) is 0.595. The van der Waals surface area contributed by atoms with Crippen molar-refractivity contribution in [2.45, 2.75) is 0 Å². The summed E-state index contributed by atoms with van der Waals surface area (Å²) in [6.07, 6.45) is 0. The lowest BCUT2D eigenvalue weighted by Gasteiger charge is -2.10. The van der Waals surface area contributed by atoms with Crippen molar-refractivity contribution < 1.29 is 13.9 Å². The molecule has 78 valence electrons. The van der Waals surface area contributed by atoms with E-state index in [4.69, 9.17) is 9.47 Å². The lowest BCUT2D eigenvalue weighted by molar-refractivity contribution is 0.312. The summed E-state index contributed by atoms with van der Waals surface area (Å²) >= 11 is 5.16. The Hall–Kier alpha value is -0.0400. The van der Waals surface area contributed by atoms with E-state index in [-0.39, 0.29) is 5.82 Å². The molecule has 14 heavy (non-hydrogen) atoms. The standard InChI is InChI=1S/C9H9BrFIO2/c1-13-8-4-6(11)7(12)5-9(8)14-3-2-10/h4-5H,2-3H2,1H3. The van der Waals surface area contributed by atoms with Gasteiger partial charge in [-0.3, -0.25) is 0 Å². The minimum absolute atomic E-state index is 0.298. The second-order valence-corrected chi connectivity index (χ2v) is 4.41. The number of hydrogen-bond donors (Lipinski definition) is 0. The number of hydrogen-bond acceptors (Lipinski definition) is 2.